The standard InChI is InChI=1S/C26H27NO2.CH4/c1-19-16-24(27(26(19)29)25(18-28)23-10-6-3-7-11-23)17-20-12-14-22(15-13-20)21-8-4-2-5-9-21;/h2-15,19,24-25,28H,16-18H2,1H3;1H4/t19-,24+,25+;/m1./s1. The monoisotopic (exact) mass is 401 g/mol. The third kappa shape index (κ3) is 4.47. The molecule has 0 saturated carbocycles. The first-order valence-electron chi connectivity index (χ1n) is 10.3. The maximum absolute atomic E-state index is 12.9. The van der Waals surface area contributed by atoms with Crippen LogP contribution in [0.15, 0.2) is 84.9 Å². The summed E-state index contributed by atoms with van der Waals surface area (Å²) in [6.45, 7) is 1.93. The molecule has 1 N–H and O–H groups in total. The first kappa shape index (κ1) is 21.8. The van der Waals surface area contributed by atoms with Crippen LogP contribution in [0.2, 0.25) is 0 Å². The fourth-order valence-electron chi connectivity index (χ4n) is 4.41. The molecule has 1 saturated heterocycles. The maximum atomic E-state index is 12.9. The van der Waals surface area contributed by atoms with Crippen LogP contribution in [0.3, 0.4) is 0 Å². The molecule has 3 nitrogen and oxygen atoms in total. The molecule has 3 atom stereocenters. The van der Waals surface area contributed by atoms with Gasteiger partial charge in [0.05, 0.1) is 12.6 Å². The second-order valence-electron chi connectivity index (χ2n) is 7.91. The van der Waals surface area contributed by atoms with Crippen LogP contribution in [0, 0.1) is 5.92 Å². The summed E-state index contributed by atoms with van der Waals surface area (Å²) in [7, 11) is 0. The predicted octanol–water partition coefficient (Wildman–Crippen LogP) is 5.50. The van der Waals surface area contributed by atoms with Gasteiger partial charge in [0.15, 0.2) is 0 Å². The molecule has 0 spiro atoms. The van der Waals surface area contributed by atoms with Gasteiger partial charge in [0.2, 0.25) is 5.91 Å². The second kappa shape index (κ2) is 9.73. The van der Waals surface area contributed by atoms with E-state index in [9.17, 15) is 9.90 Å². The van der Waals surface area contributed by atoms with E-state index in [0.29, 0.717) is 0 Å². The van der Waals surface area contributed by atoms with Gasteiger partial charge in [-0.1, -0.05) is 99.3 Å². The molecule has 0 aliphatic carbocycles. The number of hydrogen-bond donors (Lipinski definition) is 1. The number of rotatable bonds is 6. The molecule has 30 heavy (non-hydrogen) atoms. The molecule has 0 bridgehead atoms. The fourth-order valence-corrected chi connectivity index (χ4v) is 4.41. The van der Waals surface area contributed by atoms with E-state index in [0.717, 1.165) is 18.4 Å². The topological polar surface area (TPSA) is 40.5 Å². The first-order chi connectivity index (χ1) is 14.2. The SMILES string of the molecule is C.C[C@@H]1C[C@@H](Cc2ccc(-c3ccccc3)cc2)N([C@@H](CO)c2ccccc2)C1=O. The van der Waals surface area contributed by atoms with Crippen molar-refractivity contribution in [3.05, 3.63) is 96.1 Å². The highest BCUT2D eigenvalue weighted by atomic mass is 16.3. The summed E-state index contributed by atoms with van der Waals surface area (Å²) in [5.41, 5.74) is 4.60. The largest absolute Gasteiger partial charge is 0.394 e. The second-order valence-corrected chi connectivity index (χ2v) is 7.91. The number of carbonyl (C=O) groups is 1. The number of amides is 1. The molecule has 0 aromatic heterocycles. The average Bonchev–Trinajstić information content (AvgIpc) is 3.04. The molecular weight excluding hydrogens is 370 g/mol. The van der Waals surface area contributed by atoms with Gasteiger partial charge in [-0.05, 0) is 35.1 Å². The Labute approximate surface area is 180 Å². The maximum Gasteiger partial charge on any atom is 0.226 e. The summed E-state index contributed by atoms with van der Waals surface area (Å²) in [6.07, 6.45) is 1.62. The van der Waals surface area contributed by atoms with Crippen LogP contribution in [0.25, 0.3) is 11.1 Å². The molecule has 156 valence electrons. The van der Waals surface area contributed by atoms with Crippen LogP contribution in [0.5, 0.6) is 0 Å². The zero-order valence-electron chi connectivity index (χ0n) is 16.7. The van der Waals surface area contributed by atoms with Crippen molar-refractivity contribution in [2.45, 2.75) is 39.3 Å². The smallest absolute Gasteiger partial charge is 0.226 e. The van der Waals surface area contributed by atoms with Gasteiger partial charge >= 0.3 is 0 Å². The molecule has 0 unspecified atom stereocenters. The Morgan fingerprint density at radius 1 is 0.900 bits per heavy atom. The Balaban J connectivity index is 0.00000256. The zero-order chi connectivity index (χ0) is 20.2. The van der Waals surface area contributed by atoms with E-state index in [2.05, 4.69) is 36.4 Å². The van der Waals surface area contributed by atoms with E-state index in [-0.39, 0.29) is 37.9 Å². The summed E-state index contributed by atoms with van der Waals surface area (Å²) in [5.74, 6) is 0.125. The van der Waals surface area contributed by atoms with E-state index in [1.165, 1.54) is 16.7 Å². The van der Waals surface area contributed by atoms with Crippen molar-refractivity contribution in [2.24, 2.45) is 5.92 Å². The third-order valence-electron chi connectivity index (χ3n) is 5.92. The molecule has 3 heteroatoms. The van der Waals surface area contributed by atoms with Gasteiger partial charge in [0.25, 0.3) is 0 Å². The lowest BCUT2D eigenvalue weighted by Crippen LogP contribution is -2.40. The zero-order valence-corrected chi connectivity index (χ0v) is 16.7. The Hall–Kier alpha value is -2.91. The molecule has 0 radical (unpaired) electrons. The molecule has 3 aromatic rings. The lowest BCUT2D eigenvalue weighted by molar-refractivity contribution is -0.135. The van der Waals surface area contributed by atoms with Crippen LogP contribution < -0.4 is 0 Å². The van der Waals surface area contributed by atoms with Crippen LogP contribution in [-0.4, -0.2) is 28.6 Å². The van der Waals surface area contributed by atoms with Gasteiger partial charge in [-0.15, -0.1) is 0 Å². The van der Waals surface area contributed by atoms with Gasteiger partial charge < -0.3 is 10.0 Å². The number of aliphatic hydroxyl groups excluding tert-OH is 1. The van der Waals surface area contributed by atoms with Crippen molar-refractivity contribution in [3.8, 4) is 11.1 Å². The number of hydrogen-bond acceptors (Lipinski definition) is 2. The summed E-state index contributed by atoms with van der Waals surface area (Å²) in [4.78, 5) is 14.9. The van der Waals surface area contributed by atoms with Crippen molar-refractivity contribution in [1.29, 1.82) is 0 Å². The minimum absolute atomic E-state index is 0. The van der Waals surface area contributed by atoms with Crippen molar-refractivity contribution >= 4 is 5.91 Å². The fraction of sp³-hybridized carbons (Fsp3) is 0.296. The summed E-state index contributed by atoms with van der Waals surface area (Å²) >= 11 is 0. The Bertz CT molecular complexity index is 938. The van der Waals surface area contributed by atoms with Gasteiger partial charge in [-0.2, -0.15) is 0 Å². The summed E-state index contributed by atoms with van der Waals surface area (Å²) in [5, 5.41) is 10.1. The molecule has 3 aromatic carbocycles. The van der Waals surface area contributed by atoms with Crippen molar-refractivity contribution in [3.63, 3.8) is 0 Å². The normalized spacial score (nSPS) is 19.4. The van der Waals surface area contributed by atoms with Crippen molar-refractivity contribution < 1.29 is 9.90 Å². The van der Waals surface area contributed by atoms with E-state index < -0.39 is 0 Å². The van der Waals surface area contributed by atoms with Crippen LogP contribution in [0.1, 0.15) is 37.9 Å². The summed E-state index contributed by atoms with van der Waals surface area (Å²) < 4.78 is 0. The Morgan fingerprint density at radius 3 is 2.07 bits per heavy atom. The average molecular weight is 402 g/mol. The molecule has 4 rings (SSSR count). The van der Waals surface area contributed by atoms with Gasteiger partial charge in [0.1, 0.15) is 0 Å². The number of carbonyl (C=O) groups excluding carboxylic acids is 1. The Morgan fingerprint density at radius 2 is 1.47 bits per heavy atom. The minimum Gasteiger partial charge on any atom is -0.394 e. The number of benzene rings is 3. The Kier molecular flexibility index (Phi) is 7.07. The van der Waals surface area contributed by atoms with Gasteiger partial charge in [-0.25, -0.2) is 0 Å². The third-order valence-corrected chi connectivity index (χ3v) is 5.92. The van der Waals surface area contributed by atoms with E-state index in [4.69, 9.17) is 0 Å². The predicted molar refractivity (Wildman–Crippen MR) is 123 cm³/mol. The van der Waals surface area contributed by atoms with Crippen LogP contribution in [0.4, 0.5) is 0 Å². The summed E-state index contributed by atoms with van der Waals surface area (Å²) in [6, 6.07) is 28.6. The highest BCUT2D eigenvalue weighted by Gasteiger charge is 2.40. The number of nitrogens with zero attached hydrogens (tertiary/aromatic N) is 1. The van der Waals surface area contributed by atoms with Crippen molar-refractivity contribution in [1.82, 2.24) is 4.90 Å². The minimum atomic E-state index is -0.290. The van der Waals surface area contributed by atoms with Gasteiger partial charge in [0, 0.05) is 12.0 Å². The van der Waals surface area contributed by atoms with E-state index in [1.54, 1.807) is 0 Å². The van der Waals surface area contributed by atoms with Crippen molar-refractivity contribution in [2.75, 3.05) is 6.61 Å². The quantitative estimate of drug-likeness (QED) is 0.592. The van der Waals surface area contributed by atoms with Crippen LogP contribution >= 0.6 is 0 Å². The molecule has 1 amide bonds. The lowest BCUT2D eigenvalue weighted by atomic mass is 9.97. The first-order valence-corrected chi connectivity index (χ1v) is 10.3. The lowest BCUT2D eigenvalue weighted by Gasteiger charge is -2.33. The number of likely N-dealkylation sites (tertiary alicyclic amines) is 1. The molecule has 1 aliphatic rings. The molecule has 1 heterocycles. The highest BCUT2D eigenvalue weighted by molar-refractivity contribution is 5.81. The van der Waals surface area contributed by atoms with Crippen LogP contribution in [-0.2, 0) is 11.2 Å². The van der Waals surface area contributed by atoms with Gasteiger partial charge in [-0.3, -0.25) is 4.79 Å². The molecular formula is C27H31NO2. The van der Waals surface area contributed by atoms with E-state index in [1.807, 2.05) is 60.4 Å². The van der Waals surface area contributed by atoms with E-state index >= 15 is 0 Å². The highest BCUT2D eigenvalue weighted by Crippen LogP contribution is 2.35. The molecule has 1 aliphatic heterocycles. The molecule has 1 fully saturated rings. The number of aliphatic hydroxyl groups is 1.